The van der Waals surface area contributed by atoms with Crippen LogP contribution >= 0.6 is 0 Å². The quantitative estimate of drug-likeness (QED) is 0.394. The summed E-state index contributed by atoms with van der Waals surface area (Å²) in [6.07, 6.45) is 0.677. The second kappa shape index (κ2) is 10.1. The number of methoxy groups -OCH3 is 1. The SMILES string of the molecule is COc1ccc([C@H]2C(=C(O)c3ccc(F)cc3)C(=O)C(=O)N2CCCN2CCOCC2)cc1. The first kappa shape index (κ1) is 22.9. The van der Waals surface area contributed by atoms with Gasteiger partial charge >= 0.3 is 0 Å². The van der Waals surface area contributed by atoms with Gasteiger partial charge in [0.1, 0.15) is 17.3 Å². The monoisotopic (exact) mass is 454 g/mol. The van der Waals surface area contributed by atoms with Crippen LogP contribution in [0.1, 0.15) is 23.6 Å². The largest absolute Gasteiger partial charge is 0.507 e. The maximum absolute atomic E-state index is 13.4. The van der Waals surface area contributed by atoms with Crippen LogP contribution in [0.4, 0.5) is 4.39 Å². The lowest BCUT2D eigenvalue weighted by atomic mass is 9.95. The summed E-state index contributed by atoms with van der Waals surface area (Å²) in [5.74, 6) is -1.53. The van der Waals surface area contributed by atoms with E-state index in [0.29, 0.717) is 37.5 Å². The highest BCUT2D eigenvalue weighted by Gasteiger charge is 2.45. The summed E-state index contributed by atoms with van der Waals surface area (Å²) in [6, 6.07) is 11.5. The number of carbonyl (C=O) groups is 2. The Hall–Kier alpha value is -3.23. The van der Waals surface area contributed by atoms with Crippen molar-refractivity contribution in [2.45, 2.75) is 12.5 Å². The Morgan fingerprint density at radius 2 is 1.73 bits per heavy atom. The van der Waals surface area contributed by atoms with Crippen molar-refractivity contribution in [2.24, 2.45) is 0 Å². The number of nitrogens with zero attached hydrogens (tertiary/aromatic N) is 2. The molecule has 2 aromatic carbocycles. The lowest BCUT2D eigenvalue weighted by Gasteiger charge is -2.29. The van der Waals surface area contributed by atoms with Crippen molar-refractivity contribution in [1.82, 2.24) is 9.80 Å². The molecule has 0 radical (unpaired) electrons. The van der Waals surface area contributed by atoms with Crippen molar-refractivity contribution in [3.05, 3.63) is 71.0 Å². The predicted octanol–water partition coefficient (Wildman–Crippen LogP) is 2.98. The molecule has 2 saturated heterocycles. The van der Waals surface area contributed by atoms with Gasteiger partial charge in [-0.25, -0.2) is 4.39 Å². The number of amides is 1. The molecule has 2 fully saturated rings. The molecule has 0 aromatic heterocycles. The second-order valence-corrected chi connectivity index (χ2v) is 8.08. The van der Waals surface area contributed by atoms with Crippen molar-refractivity contribution >= 4 is 17.4 Å². The van der Waals surface area contributed by atoms with Crippen molar-refractivity contribution in [1.29, 1.82) is 0 Å². The lowest BCUT2D eigenvalue weighted by Crippen LogP contribution is -2.38. The highest BCUT2D eigenvalue weighted by Crippen LogP contribution is 2.39. The number of hydrogen-bond donors (Lipinski definition) is 1. The van der Waals surface area contributed by atoms with E-state index in [0.717, 1.165) is 19.6 Å². The number of likely N-dealkylation sites (tertiary alicyclic amines) is 1. The van der Waals surface area contributed by atoms with Crippen LogP contribution < -0.4 is 4.74 Å². The summed E-state index contributed by atoms with van der Waals surface area (Å²) >= 11 is 0. The van der Waals surface area contributed by atoms with Gasteiger partial charge in [-0.1, -0.05) is 12.1 Å². The van der Waals surface area contributed by atoms with E-state index < -0.39 is 23.5 Å². The van der Waals surface area contributed by atoms with Crippen LogP contribution in [0, 0.1) is 5.82 Å². The van der Waals surface area contributed by atoms with Crippen LogP contribution in [-0.2, 0) is 14.3 Å². The minimum Gasteiger partial charge on any atom is -0.507 e. The van der Waals surface area contributed by atoms with E-state index in [1.165, 1.54) is 29.2 Å². The van der Waals surface area contributed by atoms with Gasteiger partial charge in [-0.3, -0.25) is 14.5 Å². The minimum atomic E-state index is -0.746. The number of Topliss-reactive ketones (excluding diaryl/α,β-unsaturated/α-hetero) is 1. The Morgan fingerprint density at radius 1 is 1.06 bits per heavy atom. The maximum Gasteiger partial charge on any atom is 0.295 e. The molecule has 1 atom stereocenters. The predicted molar refractivity (Wildman–Crippen MR) is 120 cm³/mol. The van der Waals surface area contributed by atoms with Gasteiger partial charge in [0.15, 0.2) is 0 Å². The van der Waals surface area contributed by atoms with Crippen LogP contribution in [0.3, 0.4) is 0 Å². The zero-order valence-corrected chi connectivity index (χ0v) is 18.5. The number of rotatable bonds is 7. The number of morpholine rings is 1. The van der Waals surface area contributed by atoms with Gasteiger partial charge in [-0.05, 0) is 48.4 Å². The fourth-order valence-corrected chi connectivity index (χ4v) is 4.30. The molecule has 2 aliphatic rings. The molecular weight excluding hydrogens is 427 g/mol. The molecule has 8 heteroatoms. The third kappa shape index (κ3) is 4.91. The summed E-state index contributed by atoms with van der Waals surface area (Å²) in [4.78, 5) is 29.8. The third-order valence-corrected chi connectivity index (χ3v) is 6.07. The van der Waals surface area contributed by atoms with Crippen molar-refractivity contribution in [3.8, 4) is 5.75 Å². The van der Waals surface area contributed by atoms with Gasteiger partial charge in [0, 0.05) is 31.7 Å². The molecule has 2 aromatic rings. The number of benzene rings is 2. The van der Waals surface area contributed by atoms with E-state index in [4.69, 9.17) is 9.47 Å². The number of aliphatic hydroxyl groups is 1. The first-order chi connectivity index (χ1) is 16.0. The summed E-state index contributed by atoms with van der Waals surface area (Å²) in [5.41, 5.74) is 0.967. The van der Waals surface area contributed by atoms with Gasteiger partial charge < -0.3 is 19.5 Å². The molecule has 0 aliphatic carbocycles. The Morgan fingerprint density at radius 3 is 2.36 bits per heavy atom. The minimum absolute atomic E-state index is 0.00291. The summed E-state index contributed by atoms with van der Waals surface area (Å²) in [5, 5.41) is 11.0. The van der Waals surface area contributed by atoms with E-state index in [1.807, 2.05) is 0 Å². The van der Waals surface area contributed by atoms with Crippen LogP contribution in [0.15, 0.2) is 54.1 Å². The second-order valence-electron chi connectivity index (χ2n) is 8.08. The Kier molecular flexibility index (Phi) is 7.05. The number of ether oxygens (including phenoxy) is 2. The van der Waals surface area contributed by atoms with Gasteiger partial charge in [0.25, 0.3) is 11.7 Å². The fourth-order valence-electron chi connectivity index (χ4n) is 4.30. The normalized spacial score (nSPS) is 20.9. The lowest BCUT2D eigenvalue weighted by molar-refractivity contribution is -0.140. The zero-order chi connectivity index (χ0) is 23.4. The van der Waals surface area contributed by atoms with Crippen LogP contribution in [0.5, 0.6) is 5.75 Å². The van der Waals surface area contributed by atoms with Crippen molar-refractivity contribution < 1.29 is 28.6 Å². The Balaban J connectivity index is 1.66. The van der Waals surface area contributed by atoms with E-state index in [1.54, 1.807) is 31.4 Å². The van der Waals surface area contributed by atoms with E-state index >= 15 is 0 Å². The fraction of sp³-hybridized carbons (Fsp3) is 0.360. The van der Waals surface area contributed by atoms with Gasteiger partial charge in [-0.2, -0.15) is 0 Å². The first-order valence-electron chi connectivity index (χ1n) is 11.0. The molecule has 0 saturated carbocycles. The smallest absolute Gasteiger partial charge is 0.295 e. The molecule has 33 heavy (non-hydrogen) atoms. The van der Waals surface area contributed by atoms with Crippen LogP contribution in [0.2, 0.25) is 0 Å². The molecule has 7 nitrogen and oxygen atoms in total. The van der Waals surface area contributed by atoms with E-state index in [9.17, 15) is 19.1 Å². The Labute approximate surface area is 192 Å². The summed E-state index contributed by atoms with van der Waals surface area (Å²) in [6.45, 7) is 4.19. The number of hydrogen-bond acceptors (Lipinski definition) is 6. The Bertz CT molecular complexity index is 1030. The van der Waals surface area contributed by atoms with Gasteiger partial charge in [-0.15, -0.1) is 0 Å². The average molecular weight is 454 g/mol. The van der Waals surface area contributed by atoms with E-state index in [2.05, 4.69) is 4.90 Å². The van der Waals surface area contributed by atoms with Gasteiger partial charge in [0.05, 0.1) is 31.9 Å². The maximum atomic E-state index is 13.4. The molecule has 174 valence electrons. The van der Waals surface area contributed by atoms with Crippen LogP contribution in [-0.4, -0.2) is 73.1 Å². The summed E-state index contributed by atoms with van der Waals surface area (Å²) in [7, 11) is 1.56. The molecule has 0 unspecified atom stereocenters. The molecule has 1 N–H and O–H groups in total. The zero-order valence-electron chi connectivity index (χ0n) is 18.5. The molecule has 2 aliphatic heterocycles. The van der Waals surface area contributed by atoms with Crippen LogP contribution in [0.25, 0.3) is 5.76 Å². The average Bonchev–Trinajstić information content (AvgIpc) is 3.10. The third-order valence-electron chi connectivity index (χ3n) is 6.07. The summed E-state index contributed by atoms with van der Waals surface area (Å²) < 4.78 is 24.0. The van der Waals surface area contributed by atoms with E-state index in [-0.39, 0.29) is 16.9 Å². The molecule has 4 rings (SSSR count). The van der Waals surface area contributed by atoms with Crippen molar-refractivity contribution in [3.63, 3.8) is 0 Å². The highest BCUT2D eigenvalue weighted by atomic mass is 19.1. The van der Waals surface area contributed by atoms with Crippen molar-refractivity contribution in [2.75, 3.05) is 46.5 Å². The number of carbonyl (C=O) groups excluding carboxylic acids is 2. The molecular formula is C25H27FN2O5. The topological polar surface area (TPSA) is 79.3 Å². The molecule has 0 spiro atoms. The van der Waals surface area contributed by atoms with Gasteiger partial charge in [0.2, 0.25) is 0 Å². The number of aliphatic hydroxyl groups excluding tert-OH is 1. The number of ketones is 1. The highest BCUT2D eigenvalue weighted by molar-refractivity contribution is 6.46. The molecule has 1 amide bonds. The number of halogens is 1. The first-order valence-corrected chi connectivity index (χ1v) is 11.0. The standard InChI is InChI=1S/C25H27FN2O5/c1-32-20-9-5-17(6-10-20)22-21(23(29)18-3-7-19(26)8-4-18)24(30)25(31)28(22)12-2-11-27-13-15-33-16-14-27/h3-10,22,29H,2,11-16H2,1H3/t22-/m0/s1. The molecule has 0 bridgehead atoms. The molecule has 2 heterocycles.